The fourth-order valence-corrected chi connectivity index (χ4v) is 2.29. The Labute approximate surface area is 119 Å². The minimum absolute atomic E-state index is 0.570. The molecule has 0 heterocycles. The van der Waals surface area contributed by atoms with Gasteiger partial charge < -0.3 is 14.6 Å². The summed E-state index contributed by atoms with van der Waals surface area (Å²) in [7, 11) is 1.66. The van der Waals surface area contributed by atoms with Gasteiger partial charge in [0.2, 0.25) is 0 Å². The standard InChI is InChI=1S/C17H20O3/c1-10-6-15(7-11(2)16(10)18)20-17-12(3)8-14(19-5)9-13(17)4/h6-9,18H,1-5H3/p+1. The predicted octanol–water partition coefficient (Wildman–Crippen LogP) is 4.16. The second-order valence-electron chi connectivity index (χ2n) is 5.12. The molecule has 0 aliphatic rings. The van der Waals surface area contributed by atoms with Crippen molar-refractivity contribution >= 4 is 0 Å². The van der Waals surface area contributed by atoms with Crippen LogP contribution in [-0.4, -0.2) is 12.2 Å². The summed E-state index contributed by atoms with van der Waals surface area (Å²) in [5.74, 6) is 3.02. The summed E-state index contributed by atoms with van der Waals surface area (Å²) in [6.07, 6.45) is 0. The molecule has 0 aromatic heterocycles. The maximum atomic E-state index is 7.89. The zero-order chi connectivity index (χ0) is 14.9. The smallest absolute Gasteiger partial charge is 0.259 e. The summed E-state index contributed by atoms with van der Waals surface area (Å²) in [5.41, 5.74) is 3.91. The van der Waals surface area contributed by atoms with Gasteiger partial charge in [0, 0.05) is 11.1 Å². The highest BCUT2D eigenvalue weighted by atomic mass is 16.5. The minimum atomic E-state index is 0.570. The van der Waals surface area contributed by atoms with E-state index in [2.05, 4.69) is 0 Å². The Morgan fingerprint density at radius 1 is 0.750 bits per heavy atom. The largest absolute Gasteiger partial charge is 0.593 e. The molecule has 2 aromatic rings. The molecule has 106 valence electrons. The summed E-state index contributed by atoms with van der Waals surface area (Å²) in [5, 5.41) is 7.89. The lowest BCUT2D eigenvalue weighted by atomic mass is 10.1. The van der Waals surface area contributed by atoms with Gasteiger partial charge in [-0.05, 0) is 63.1 Å². The molecule has 2 rings (SSSR count). The van der Waals surface area contributed by atoms with Crippen molar-refractivity contribution in [1.29, 1.82) is 0 Å². The van der Waals surface area contributed by atoms with E-state index in [9.17, 15) is 0 Å². The number of methoxy groups -OCH3 is 1. The maximum absolute atomic E-state index is 7.89. The molecule has 0 aliphatic heterocycles. The molecular weight excluding hydrogens is 252 g/mol. The van der Waals surface area contributed by atoms with Crippen LogP contribution in [0.15, 0.2) is 24.3 Å². The van der Waals surface area contributed by atoms with E-state index in [0.717, 1.165) is 39.5 Å². The highest BCUT2D eigenvalue weighted by Gasteiger charge is 2.12. The third-order valence-corrected chi connectivity index (χ3v) is 3.40. The van der Waals surface area contributed by atoms with Gasteiger partial charge in [0.05, 0.1) is 7.11 Å². The molecule has 3 heteroatoms. The summed E-state index contributed by atoms with van der Waals surface area (Å²) in [6, 6.07) is 7.72. The van der Waals surface area contributed by atoms with Gasteiger partial charge in [-0.1, -0.05) is 0 Å². The SMILES string of the molecule is COc1cc(C)c(Oc2cc(C)c([OH2+])c(C)c2)c(C)c1. The zero-order valence-corrected chi connectivity index (χ0v) is 12.6. The van der Waals surface area contributed by atoms with Crippen molar-refractivity contribution in [2.75, 3.05) is 7.11 Å². The van der Waals surface area contributed by atoms with E-state index in [4.69, 9.17) is 14.6 Å². The fourth-order valence-electron chi connectivity index (χ4n) is 2.29. The van der Waals surface area contributed by atoms with Crippen molar-refractivity contribution in [3.05, 3.63) is 46.5 Å². The third-order valence-electron chi connectivity index (χ3n) is 3.40. The van der Waals surface area contributed by atoms with Crippen molar-refractivity contribution < 1.29 is 14.6 Å². The Morgan fingerprint density at radius 3 is 1.65 bits per heavy atom. The Bertz CT molecular complexity index is 599. The lowest BCUT2D eigenvalue weighted by Gasteiger charge is -2.14. The normalized spacial score (nSPS) is 10.4. The van der Waals surface area contributed by atoms with Crippen LogP contribution < -0.4 is 9.47 Å². The van der Waals surface area contributed by atoms with Gasteiger partial charge in [-0.3, -0.25) is 0 Å². The Morgan fingerprint density at radius 2 is 1.20 bits per heavy atom. The average Bonchev–Trinajstić information content (AvgIpc) is 2.39. The maximum Gasteiger partial charge on any atom is 0.259 e. The molecule has 2 N–H and O–H groups in total. The van der Waals surface area contributed by atoms with E-state index in [0.29, 0.717) is 5.75 Å². The average molecular weight is 273 g/mol. The molecule has 0 aliphatic carbocycles. The van der Waals surface area contributed by atoms with Crippen LogP contribution in [0.25, 0.3) is 0 Å². The Hall–Kier alpha value is -2.16. The van der Waals surface area contributed by atoms with Crippen LogP contribution in [0.3, 0.4) is 0 Å². The molecule has 0 unspecified atom stereocenters. The van der Waals surface area contributed by atoms with Gasteiger partial charge >= 0.3 is 0 Å². The van der Waals surface area contributed by atoms with Crippen LogP contribution in [0.5, 0.6) is 23.0 Å². The van der Waals surface area contributed by atoms with Crippen molar-refractivity contribution in [1.82, 2.24) is 0 Å². The molecular formula is C17H21O3+. The molecule has 0 saturated carbocycles. The van der Waals surface area contributed by atoms with E-state index in [1.807, 2.05) is 52.0 Å². The fraction of sp³-hybridized carbons (Fsp3) is 0.294. The van der Waals surface area contributed by atoms with Gasteiger partial charge in [0.25, 0.3) is 5.75 Å². The number of rotatable bonds is 3. The molecule has 3 nitrogen and oxygen atoms in total. The van der Waals surface area contributed by atoms with E-state index in [1.165, 1.54) is 0 Å². The quantitative estimate of drug-likeness (QED) is 0.788. The van der Waals surface area contributed by atoms with Crippen LogP contribution in [0, 0.1) is 27.7 Å². The monoisotopic (exact) mass is 273 g/mol. The van der Waals surface area contributed by atoms with Crippen LogP contribution in [0.4, 0.5) is 0 Å². The highest BCUT2D eigenvalue weighted by Crippen LogP contribution is 2.34. The van der Waals surface area contributed by atoms with Gasteiger partial charge in [0.1, 0.15) is 17.2 Å². The van der Waals surface area contributed by atoms with E-state index >= 15 is 0 Å². The van der Waals surface area contributed by atoms with E-state index in [-0.39, 0.29) is 0 Å². The van der Waals surface area contributed by atoms with Crippen molar-refractivity contribution in [2.45, 2.75) is 27.7 Å². The lowest BCUT2D eigenvalue weighted by Crippen LogP contribution is -1.94. The molecule has 0 atom stereocenters. The molecule has 2 aromatic carbocycles. The molecule has 0 bridgehead atoms. The van der Waals surface area contributed by atoms with Crippen LogP contribution in [-0.2, 0) is 0 Å². The predicted molar refractivity (Wildman–Crippen MR) is 81.5 cm³/mol. The zero-order valence-electron chi connectivity index (χ0n) is 12.6. The second-order valence-corrected chi connectivity index (χ2v) is 5.12. The molecule has 20 heavy (non-hydrogen) atoms. The summed E-state index contributed by atoms with van der Waals surface area (Å²) in [6.45, 7) is 7.86. The first kappa shape index (κ1) is 14.3. The van der Waals surface area contributed by atoms with Crippen molar-refractivity contribution in [3.63, 3.8) is 0 Å². The van der Waals surface area contributed by atoms with Gasteiger partial charge in [-0.15, -0.1) is 0 Å². The lowest BCUT2D eigenvalue weighted by molar-refractivity contribution is 0.411. The van der Waals surface area contributed by atoms with Crippen molar-refractivity contribution in [3.8, 4) is 23.0 Å². The number of ether oxygens (including phenoxy) is 2. The van der Waals surface area contributed by atoms with Crippen LogP contribution in [0.1, 0.15) is 22.3 Å². The first-order chi connectivity index (χ1) is 9.42. The molecule has 0 radical (unpaired) electrons. The van der Waals surface area contributed by atoms with Crippen LogP contribution >= 0.6 is 0 Å². The number of hydrogen-bond acceptors (Lipinski definition) is 2. The topological polar surface area (TPSA) is 41.4 Å². The molecule has 0 fully saturated rings. The molecule has 0 amide bonds. The van der Waals surface area contributed by atoms with Gasteiger partial charge in [-0.2, -0.15) is 0 Å². The highest BCUT2D eigenvalue weighted by molar-refractivity contribution is 5.50. The van der Waals surface area contributed by atoms with Crippen LogP contribution in [0.2, 0.25) is 0 Å². The third kappa shape index (κ3) is 2.72. The van der Waals surface area contributed by atoms with E-state index in [1.54, 1.807) is 7.11 Å². The molecule has 0 spiro atoms. The van der Waals surface area contributed by atoms with Gasteiger partial charge in [-0.25, -0.2) is 0 Å². The summed E-state index contributed by atoms with van der Waals surface area (Å²) >= 11 is 0. The Kier molecular flexibility index (Phi) is 3.89. The van der Waals surface area contributed by atoms with E-state index < -0.39 is 0 Å². The Balaban J connectivity index is 2.40. The molecule has 0 saturated heterocycles. The summed E-state index contributed by atoms with van der Waals surface area (Å²) in [4.78, 5) is 0. The van der Waals surface area contributed by atoms with Crippen molar-refractivity contribution in [2.24, 2.45) is 0 Å². The number of aryl methyl sites for hydroxylation is 4. The minimum Gasteiger partial charge on any atom is -0.593 e. The first-order valence-electron chi connectivity index (χ1n) is 6.58. The number of hydrogen-bond donors (Lipinski definition) is 0. The second kappa shape index (κ2) is 5.45. The summed E-state index contributed by atoms with van der Waals surface area (Å²) < 4.78 is 11.3. The number of benzene rings is 2. The van der Waals surface area contributed by atoms with Gasteiger partial charge in [0.15, 0.2) is 0 Å². The first-order valence-corrected chi connectivity index (χ1v) is 6.58.